The molecule has 2 aromatic carbocycles. The molecule has 0 bridgehead atoms. The molecule has 5 rings (SSSR count). The van der Waals surface area contributed by atoms with E-state index in [0.717, 1.165) is 46.5 Å². The summed E-state index contributed by atoms with van der Waals surface area (Å²) in [6.45, 7) is 4.14. The summed E-state index contributed by atoms with van der Waals surface area (Å²) in [5, 5.41) is 17.5. The highest BCUT2D eigenvalue weighted by atomic mass is 16.5. The van der Waals surface area contributed by atoms with Crippen LogP contribution in [0.3, 0.4) is 0 Å². The Bertz CT molecular complexity index is 1240. The highest BCUT2D eigenvalue weighted by Crippen LogP contribution is 2.46. The lowest BCUT2D eigenvalue weighted by Gasteiger charge is -2.25. The van der Waals surface area contributed by atoms with Gasteiger partial charge in [0.25, 0.3) is 0 Å². The number of aromatic nitrogens is 2. The van der Waals surface area contributed by atoms with Crippen LogP contribution in [0.5, 0.6) is 11.6 Å². The van der Waals surface area contributed by atoms with E-state index in [1.54, 1.807) is 0 Å². The summed E-state index contributed by atoms with van der Waals surface area (Å²) in [5.41, 5.74) is 12.4. The number of allylic oxidation sites excluding steroid dienone is 1. The molecule has 0 saturated heterocycles. The number of nitriles is 1. The lowest BCUT2D eigenvalue weighted by atomic mass is 9.82. The third-order valence-electron chi connectivity index (χ3n) is 6.39. The fourth-order valence-corrected chi connectivity index (χ4v) is 4.84. The molecular weight excluding hydrogens is 400 g/mol. The average Bonchev–Trinajstić information content (AvgIpc) is 3.43. The van der Waals surface area contributed by atoms with Crippen molar-refractivity contribution in [1.29, 1.82) is 5.26 Å². The Morgan fingerprint density at radius 2 is 1.97 bits per heavy atom. The number of hydrogen-bond acceptors (Lipinski definition) is 5. The molecule has 32 heavy (non-hydrogen) atoms. The van der Waals surface area contributed by atoms with Gasteiger partial charge in [0.05, 0.1) is 23.3 Å². The smallest absolute Gasteiger partial charge is 0.244 e. The molecule has 0 unspecified atom stereocenters. The number of nitrogens with one attached hydrogen (secondary N) is 1. The van der Waals surface area contributed by atoms with Crippen LogP contribution in [0, 0.1) is 25.2 Å². The van der Waals surface area contributed by atoms with Gasteiger partial charge >= 0.3 is 0 Å². The summed E-state index contributed by atoms with van der Waals surface area (Å²) < 4.78 is 12.0. The molecule has 1 aromatic heterocycles. The lowest BCUT2D eigenvalue weighted by Crippen LogP contribution is -2.21. The van der Waals surface area contributed by atoms with E-state index >= 15 is 0 Å². The first-order chi connectivity index (χ1) is 15.5. The van der Waals surface area contributed by atoms with E-state index in [2.05, 4.69) is 48.3 Å². The Morgan fingerprint density at radius 3 is 2.72 bits per heavy atom. The summed E-state index contributed by atoms with van der Waals surface area (Å²) in [6.07, 6.45) is 4.84. The Balaban J connectivity index is 1.63. The first-order valence-electron chi connectivity index (χ1n) is 11.0. The molecule has 2 aliphatic rings. The zero-order valence-electron chi connectivity index (χ0n) is 18.3. The molecule has 2 heterocycles. The molecular formula is C26H26N4O2. The minimum Gasteiger partial charge on any atom is -0.490 e. The van der Waals surface area contributed by atoms with Gasteiger partial charge in [-0.05, 0) is 62.8 Å². The largest absolute Gasteiger partial charge is 0.490 e. The fraction of sp³-hybridized carbons (Fsp3) is 0.308. The van der Waals surface area contributed by atoms with Crippen LogP contribution >= 0.6 is 0 Å². The van der Waals surface area contributed by atoms with Crippen LogP contribution < -0.4 is 15.2 Å². The quantitative estimate of drug-likeness (QED) is 0.595. The predicted octanol–water partition coefficient (Wildman–Crippen LogP) is 5.23. The molecule has 1 atom stereocenters. The van der Waals surface area contributed by atoms with Crippen LogP contribution in [0.15, 0.2) is 53.9 Å². The van der Waals surface area contributed by atoms with Crippen molar-refractivity contribution >= 4 is 0 Å². The Labute approximate surface area is 187 Å². The SMILES string of the molecule is Cc1ccc(-c2[nH]nc3c2[C@H](c2cccc(OC4CCCC4)c2)C(C#N)=C(N)O3)c(C)c1. The van der Waals surface area contributed by atoms with Gasteiger partial charge in [0.15, 0.2) is 0 Å². The van der Waals surface area contributed by atoms with Crippen molar-refractivity contribution in [3.63, 3.8) is 0 Å². The van der Waals surface area contributed by atoms with E-state index in [4.69, 9.17) is 15.2 Å². The van der Waals surface area contributed by atoms with Crippen molar-refractivity contribution in [3.05, 3.63) is 76.2 Å². The van der Waals surface area contributed by atoms with E-state index < -0.39 is 5.92 Å². The number of H-pyrrole nitrogens is 1. The topological polar surface area (TPSA) is 97.0 Å². The number of benzene rings is 2. The summed E-state index contributed by atoms with van der Waals surface area (Å²) in [6, 6.07) is 16.5. The van der Waals surface area contributed by atoms with E-state index in [1.165, 1.54) is 18.4 Å². The summed E-state index contributed by atoms with van der Waals surface area (Å²) >= 11 is 0. The summed E-state index contributed by atoms with van der Waals surface area (Å²) in [5.74, 6) is 0.912. The van der Waals surface area contributed by atoms with Gasteiger partial charge in [-0.25, -0.2) is 0 Å². The fourth-order valence-electron chi connectivity index (χ4n) is 4.84. The second kappa shape index (κ2) is 8.08. The van der Waals surface area contributed by atoms with Crippen molar-refractivity contribution in [2.75, 3.05) is 0 Å². The van der Waals surface area contributed by atoms with Crippen molar-refractivity contribution in [2.24, 2.45) is 5.73 Å². The first kappa shape index (κ1) is 20.2. The summed E-state index contributed by atoms with van der Waals surface area (Å²) in [4.78, 5) is 0. The predicted molar refractivity (Wildman–Crippen MR) is 122 cm³/mol. The standard InChI is InChI=1S/C26H26N4O2/c1-15-10-11-20(16(2)12-15)24-23-22(21(14-27)25(28)32-26(23)30-29-24)17-6-5-9-19(13-17)31-18-7-3-4-8-18/h5-6,9-13,18,22H,3-4,7-8,28H2,1-2H3,(H,29,30)/t22-/m1/s1. The third-order valence-corrected chi connectivity index (χ3v) is 6.39. The third kappa shape index (κ3) is 3.50. The molecule has 1 saturated carbocycles. The zero-order valence-corrected chi connectivity index (χ0v) is 18.3. The number of nitrogens with two attached hydrogens (primary N) is 1. The molecule has 3 N–H and O–H groups in total. The van der Waals surface area contributed by atoms with Gasteiger partial charge in [0, 0.05) is 5.56 Å². The normalized spacial score (nSPS) is 18.2. The van der Waals surface area contributed by atoms with Crippen LogP contribution in [0.2, 0.25) is 0 Å². The Kier molecular flexibility index (Phi) is 5.10. The maximum atomic E-state index is 9.98. The van der Waals surface area contributed by atoms with E-state index in [9.17, 15) is 5.26 Å². The number of nitrogens with zero attached hydrogens (tertiary/aromatic N) is 2. The molecule has 1 aliphatic heterocycles. The molecule has 1 aliphatic carbocycles. The van der Waals surface area contributed by atoms with Gasteiger partial charge in [0.1, 0.15) is 17.4 Å². The molecule has 0 radical (unpaired) electrons. The first-order valence-corrected chi connectivity index (χ1v) is 11.0. The molecule has 6 heteroatoms. The second-order valence-electron chi connectivity index (χ2n) is 8.66. The minimum atomic E-state index is -0.398. The van der Waals surface area contributed by atoms with Gasteiger partial charge in [-0.1, -0.05) is 35.9 Å². The molecule has 0 spiro atoms. The average molecular weight is 427 g/mol. The number of rotatable bonds is 4. The van der Waals surface area contributed by atoms with Crippen molar-refractivity contribution in [2.45, 2.75) is 51.6 Å². The highest BCUT2D eigenvalue weighted by molar-refractivity contribution is 5.73. The zero-order chi connectivity index (χ0) is 22.2. The number of fused-ring (bicyclic) bond motifs is 1. The van der Waals surface area contributed by atoms with Crippen molar-refractivity contribution < 1.29 is 9.47 Å². The summed E-state index contributed by atoms with van der Waals surface area (Å²) in [7, 11) is 0. The second-order valence-corrected chi connectivity index (χ2v) is 8.66. The van der Waals surface area contributed by atoms with Crippen molar-refractivity contribution in [3.8, 4) is 29.0 Å². The van der Waals surface area contributed by atoms with Gasteiger partial charge in [-0.2, -0.15) is 5.26 Å². The van der Waals surface area contributed by atoms with E-state index in [0.29, 0.717) is 11.5 Å². The monoisotopic (exact) mass is 426 g/mol. The van der Waals surface area contributed by atoms with Crippen LogP contribution in [0.25, 0.3) is 11.3 Å². The van der Waals surface area contributed by atoms with Crippen LogP contribution in [-0.4, -0.2) is 16.3 Å². The maximum Gasteiger partial charge on any atom is 0.244 e. The van der Waals surface area contributed by atoms with Crippen LogP contribution in [0.4, 0.5) is 0 Å². The molecule has 1 fully saturated rings. The number of hydrogen-bond donors (Lipinski definition) is 2. The molecule has 6 nitrogen and oxygen atoms in total. The molecule has 162 valence electrons. The van der Waals surface area contributed by atoms with Gasteiger partial charge < -0.3 is 15.2 Å². The molecule has 0 amide bonds. The lowest BCUT2D eigenvalue weighted by molar-refractivity contribution is 0.210. The van der Waals surface area contributed by atoms with E-state index in [1.807, 2.05) is 24.3 Å². The number of ether oxygens (including phenoxy) is 2. The van der Waals surface area contributed by atoms with Gasteiger partial charge in [-0.15, -0.1) is 5.10 Å². The Morgan fingerprint density at radius 1 is 1.16 bits per heavy atom. The van der Waals surface area contributed by atoms with Crippen molar-refractivity contribution in [1.82, 2.24) is 10.2 Å². The van der Waals surface area contributed by atoms with Crippen LogP contribution in [-0.2, 0) is 0 Å². The van der Waals surface area contributed by atoms with E-state index in [-0.39, 0.29) is 12.0 Å². The van der Waals surface area contributed by atoms with Gasteiger partial charge in [0.2, 0.25) is 11.8 Å². The molecule has 3 aromatic rings. The highest BCUT2D eigenvalue weighted by Gasteiger charge is 2.36. The minimum absolute atomic E-state index is 0.0887. The Hall–Kier alpha value is -3.72. The number of aromatic amines is 1. The number of aryl methyl sites for hydroxylation is 2. The van der Waals surface area contributed by atoms with Gasteiger partial charge in [-0.3, -0.25) is 5.10 Å². The maximum absolute atomic E-state index is 9.98. The van der Waals surface area contributed by atoms with Crippen LogP contribution in [0.1, 0.15) is 53.9 Å².